The molecule has 622 valence electrons. The lowest BCUT2D eigenvalue weighted by atomic mass is 10.1. The highest BCUT2D eigenvalue weighted by molar-refractivity contribution is 7.80. The summed E-state index contributed by atoms with van der Waals surface area (Å²) in [6, 6.07) is 15.7. The van der Waals surface area contributed by atoms with E-state index >= 15 is 0 Å². The smallest absolute Gasteiger partial charge is 0.383 e. The van der Waals surface area contributed by atoms with E-state index in [1.54, 1.807) is 40.1 Å². The van der Waals surface area contributed by atoms with E-state index in [-0.39, 0.29) is 29.5 Å². The first kappa shape index (κ1) is 105. The van der Waals surface area contributed by atoms with E-state index in [4.69, 9.17) is 65.7 Å². The molecule has 0 aliphatic heterocycles. The van der Waals surface area contributed by atoms with Gasteiger partial charge in [-0.15, -0.1) is 20.2 Å². The van der Waals surface area contributed by atoms with Crippen molar-refractivity contribution in [3.05, 3.63) is 268 Å². The van der Waals surface area contributed by atoms with Gasteiger partial charge in [0, 0.05) is 42.9 Å². The number of rotatable bonds is 9. The van der Waals surface area contributed by atoms with Crippen molar-refractivity contribution in [2.24, 2.45) is 0 Å². The number of nitrogens with zero attached hydrogens (tertiary/aromatic N) is 10. The molecule has 1 heterocycles. The molecule has 0 aliphatic rings. The molecule has 7 aromatic rings. The molecule has 0 saturated heterocycles. The monoisotopic (exact) mass is 1690 g/mol. The molecule has 0 amide bonds. The standard InChI is InChI=1S/C11H10F3N3O4.C9H5F3N2O2.2C8H5F3N2O4.2C8H7F3.CH4.2HNO3.2H2O4S/c1-15(2)4-3-7-5-8(11(12,13)14)10(17(20)21)6-9(7)16(18)19;10-9(11,12)6-3-5-1-2-13-7(5)4-8(6)14(15)16;2*1-4-2-5(8(9,10)11)7(13(16)17)3-6(4)12(14)15;2*1-6-3-2-4-7(5-6)8(9,10)11;;2*2-1(3)4;2*1-5(2,3)4/h3-6H,1-2H3;1-4,13H;2*2-3H,1H3;2*2-5H,1H3;1H4;2*(H,2,3,4);2*(H2,1,2,3,4)/b4-3+;;;;;;;;;;. The number of aromatic amines is 1. The van der Waals surface area contributed by atoms with Crippen molar-refractivity contribution >= 4 is 77.6 Å². The van der Waals surface area contributed by atoms with Crippen LogP contribution >= 0.6 is 0 Å². The molecule has 0 aliphatic carbocycles. The summed E-state index contributed by atoms with van der Waals surface area (Å²) < 4.78 is 286. The first-order valence-corrected chi connectivity index (χ1v) is 29.5. The van der Waals surface area contributed by atoms with Crippen LogP contribution in [-0.2, 0) is 57.9 Å². The molecular formula is C53H49F18N11O28S2. The Morgan fingerprint density at radius 1 is 0.375 bits per heavy atom. The Morgan fingerprint density at radius 2 is 0.625 bits per heavy atom. The predicted molar refractivity (Wildman–Crippen MR) is 341 cm³/mol. The minimum absolute atomic E-state index is 0. The molecule has 0 bridgehead atoms. The third kappa shape index (κ3) is 42.0. The summed E-state index contributed by atoms with van der Waals surface area (Å²) in [4.78, 5) is 86.8. The summed E-state index contributed by atoms with van der Waals surface area (Å²) in [5, 5.41) is 101. The van der Waals surface area contributed by atoms with Gasteiger partial charge in [-0.05, 0) is 82.4 Å². The van der Waals surface area contributed by atoms with Crippen LogP contribution in [0.25, 0.3) is 17.0 Å². The number of nitro benzene ring substituents is 7. The lowest BCUT2D eigenvalue weighted by Crippen LogP contribution is -2.10. The first-order valence-electron chi connectivity index (χ1n) is 26.7. The molecule has 6 aromatic carbocycles. The van der Waals surface area contributed by atoms with Gasteiger partial charge in [0.05, 0.1) is 74.9 Å². The van der Waals surface area contributed by atoms with E-state index in [0.29, 0.717) is 53.0 Å². The molecule has 0 unspecified atom stereocenters. The number of fused-ring (bicyclic) bond motifs is 1. The van der Waals surface area contributed by atoms with Crippen LogP contribution in [0.4, 0.5) is 119 Å². The summed E-state index contributed by atoms with van der Waals surface area (Å²) in [5.74, 6) is 0. The molecule has 59 heteroatoms. The fourth-order valence-electron chi connectivity index (χ4n) is 7.12. The number of aromatic nitrogens is 1. The van der Waals surface area contributed by atoms with Gasteiger partial charge in [-0.25, -0.2) is 0 Å². The van der Waals surface area contributed by atoms with Crippen molar-refractivity contribution in [1.82, 2.24) is 9.88 Å². The zero-order valence-corrected chi connectivity index (χ0v) is 56.4. The average Bonchev–Trinajstić information content (AvgIpc) is 1.32. The zero-order valence-electron chi connectivity index (χ0n) is 54.8. The topological polar surface area (TPSA) is 597 Å². The van der Waals surface area contributed by atoms with E-state index < -0.39 is 176 Å². The SMILES string of the molecule is C.CN(C)/C=C/c1cc(C(F)(F)F)c([N+](=O)[O-])cc1[N+](=O)[O-].Cc1cc(C(F)(F)F)c([N+](=O)[O-])cc1[N+](=O)[O-].Cc1cc(C(F)(F)F)c([N+](=O)[O-])cc1[N+](=O)[O-].Cc1cccc(C(F)(F)F)c1.Cc1cccc(C(F)(F)F)c1.O=S(=O)(O)O.O=S(=O)(O)O.O=[N+]([O-])O.O=[N+]([O-])O.O=[N+]([O-])c1cc2[nH]ccc2cc1C(F)(F)F. The van der Waals surface area contributed by atoms with Gasteiger partial charge in [-0.2, -0.15) is 95.9 Å². The Labute approximate surface area is 609 Å². The molecule has 0 radical (unpaired) electrons. The molecule has 1 aromatic heterocycles. The van der Waals surface area contributed by atoms with Crippen LogP contribution in [-0.4, -0.2) is 114 Å². The second-order valence-electron chi connectivity index (χ2n) is 19.9. The van der Waals surface area contributed by atoms with Crippen molar-refractivity contribution in [2.75, 3.05) is 14.1 Å². The number of nitro groups is 7. The van der Waals surface area contributed by atoms with E-state index in [2.05, 4.69) is 4.98 Å². The van der Waals surface area contributed by atoms with Crippen molar-refractivity contribution < 1.29 is 169 Å². The van der Waals surface area contributed by atoms with Gasteiger partial charge in [0.15, 0.2) is 0 Å². The third-order valence-corrected chi connectivity index (χ3v) is 11.3. The summed E-state index contributed by atoms with van der Waals surface area (Å²) in [7, 11) is -6.20. The Bertz CT molecular complexity index is 4540. The molecule has 0 fully saturated rings. The third-order valence-electron chi connectivity index (χ3n) is 11.3. The highest BCUT2D eigenvalue weighted by atomic mass is 32.3. The molecule has 0 spiro atoms. The van der Waals surface area contributed by atoms with Crippen molar-refractivity contribution in [3.63, 3.8) is 0 Å². The van der Waals surface area contributed by atoms with Gasteiger partial charge in [0.2, 0.25) is 0 Å². The number of alkyl halides is 18. The molecule has 0 saturated carbocycles. The number of hydrogen-bond acceptors (Lipinski definition) is 23. The number of H-pyrrole nitrogens is 1. The number of aryl methyl sites for hydroxylation is 4. The largest absolute Gasteiger partial charge is 0.423 e. The van der Waals surface area contributed by atoms with Gasteiger partial charge in [-0.3, -0.25) is 89.0 Å². The summed E-state index contributed by atoms with van der Waals surface area (Å²) in [6.07, 6.45) is -24.2. The summed E-state index contributed by atoms with van der Waals surface area (Å²) in [5.41, 5.74) is -13.5. The van der Waals surface area contributed by atoms with Gasteiger partial charge >= 0.3 is 57.9 Å². The molecule has 7 N–H and O–H groups in total. The summed E-state index contributed by atoms with van der Waals surface area (Å²) >= 11 is 0. The molecule has 112 heavy (non-hydrogen) atoms. The van der Waals surface area contributed by atoms with Crippen molar-refractivity contribution in [3.8, 4) is 0 Å². The Balaban J connectivity index is -0.000000602. The maximum atomic E-state index is 12.8. The van der Waals surface area contributed by atoms with Crippen LogP contribution in [0.2, 0.25) is 0 Å². The Kier molecular flexibility index (Phi) is 40.8. The minimum atomic E-state index is -4.99. The number of benzene rings is 6. The quantitative estimate of drug-likeness (QED) is 0.0305. The number of hydrogen-bond donors (Lipinski definition) is 7. The number of nitrogens with one attached hydrogen (secondary N) is 1. The van der Waals surface area contributed by atoms with Gasteiger partial charge in [-0.1, -0.05) is 55.0 Å². The second kappa shape index (κ2) is 43.3. The van der Waals surface area contributed by atoms with E-state index in [1.165, 1.54) is 35.5 Å². The van der Waals surface area contributed by atoms with Crippen LogP contribution in [0.5, 0.6) is 0 Å². The normalized spacial score (nSPS) is 11.1. The molecule has 7 rings (SSSR count). The van der Waals surface area contributed by atoms with Crippen LogP contribution < -0.4 is 0 Å². The summed E-state index contributed by atoms with van der Waals surface area (Å²) in [6.45, 7) is 5.43. The predicted octanol–water partition coefficient (Wildman–Crippen LogP) is 16.5. The van der Waals surface area contributed by atoms with Gasteiger partial charge in [0.25, 0.3) is 50.0 Å². The average molecular weight is 1690 g/mol. The van der Waals surface area contributed by atoms with Crippen LogP contribution in [0, 0.1) is 119 Å². The van der Waals surface area contributed by atoms with Gasteiger partial charge in [0.1, 0.15) is 22.3 Å². The Morgan fingerprint density at radius 3 is 0.857 bits per heavy atom. The lowest BCUT2D eigenvalue weighted by Gasteiger charge is -2.09. The maximum absolute atomic E-state index is 12.8. The Hall–Kier alpha value is -12.9. The van der Waals surface area contributed by atoms with E-state index in [0.717, 1.165) is 56.3 Å². The fourth-order valence-corrected chi connectivity index (χ4v) is 7.12. The fraction of sp³-hybridized carbons (Fsp3) is 0.245. The molecule has 0 atom stereocenters. The van der Waals surface area contributed by atoms with Crippen molar-refractivity contribution in [2.45, 2.75) is 72.2 Å². The lowest BCUT2D eigenvalue weighted by molar-refractivity contribution is -0.742. The van der Waals surface area contributed by atoms with Crippen LogP contribution in [0.15, 0.2) is 116 Å². The highest BCUT2D eigenvalue weighted by Crippen LogP contribution is 2.43. The highest BCUT2D eigenvalue weighted by Gasteiger charge is 2.44. The first-order chi connectivity index (χ1) is 49.7. The van der Waals surface area contributed by atoms with Crippen molar-refractivity contribution in [1.29, 1.82) is 0 Å². The zero-order chi connectivity index (χ0) is 88.2. The van der Waals surface area contributed by atoms with Crippen LogP contribution in [0.3, 0.4) is 0 Å². The van der Waals surface area contributed by atoms with Gasteiger partial charge < -0.3 is 20.3 Å². The number of halogens is 18. The minimum Gasteiger partial charge on any atom is -0.383 e. The second-order valence-corrected chi connectivity index (χ2v) is 21.6. The molecular weight excluding hydrogens is 1640 g/mol. The van der Waals surface area contributed by atoms with E-state index in [9.17, 15) is 150 Å². The van der Waals surface area contributed by atoms with Crippen LogP contribution in [0.1, 0.15) is 68.6 Å². The van der Waals surface area contributed by atoms with E-state index in [1.807, 2.05) is 0 Å². The maximum Gasteiger partial charge on any atom is 0.423 e. The molecule has 39 nitrogen and oxygen atoms in total.